The minimum atomic E-state index is -0.165. The van der Waals surface area contributed by atoms with Gasteiger partial charge in [0, 0.05) is 13.2 Å². The molecule has 0 saturated carbocycles. The van der Waals surface area contributed by atoms with Gasteiger partial charge in [-0.1, -0.05) is 6.92 Å². The van der Waals surface area contributed by atoms with Crippen LogP contribution in [-0.4, -0.2) is 50.3 Å². The maximum absolute atomic E-state index is 11.2. The molecule has 0 spiro atoms. The summed E-state index contributed by atoms with van der Waals surface area (Å²) in [7, 11) is 1.43. The van der Waals surface area contributed by atoms with Gasteiger partial charge in [0.1, 0.15) is 0 Å². The number of hydrogen-bond acceptors (Lipinski definition) is 4. The monoisotopic (exact) mass is 215 g/mol. The standard InChI is InChI=1S/C11H21NO3/c1-3-6-12(9-11(13)14-2)8-10-5-4-7-15-10/h10H,3-9H2,1-2H3. The summed E-state index contributed by atoms with van der Waals surface area (Å²) in [5.74, 6) is -0.165. The van der Waals surface area contributed by atoms with E-state index in [-0.39, 0.29) is 5.97 Å². The van der Waals surface area contributed by atoms with Gasteiger partial charge >= 0.3 is 5.97 Å². The van der Waals surface area contributed by atoms with Crippen LogP contribution in [-0.2, 0) is 14.3 Å². The lowest BCUT2D eigenvalue weighted by Gasteiger charge is -2.23. The fourth-order valence-corrected chi connectivity index (χ4v) is 1.87. The summed E-state index contributed by atoms with van der Waals surface area (Å²) in [6, 6.07) is 0. The number of esters is 1. The molecule has 1 aliphatic heterocycles. The van der Waals surface area contributed by atoms with Gasteiger partial charge in [-0.2, -0.15) is 0 Å². The summed E-state index contributed by atoms with van der Waals surface area (Å²) in [6.45, 7) is 5.13. The number of carbonyl (C=O) groups excluding carboxylic acids is 1. The predicted molar refractivity (Wildman–Crippen MR) is 57.7 cm³/mol. The molecule has 0 radical (unpaired) electrons. The van der Waals surface area contributed by atoms with E-state index in [2.05, 4.69) is 16.6 Å². The number of hydrogen-bond donors (Lipinski definition) is 0. The molecule has 0 aromatic rings. The second-order valence-corrected chi connectivity index (χ2v) is 3.95. The van der Waals surface area contributed by atoms with Crippen molar-refractivity contribution in [2.24, 2.45) is 0 Å². The topological polar surface area (TPSA) is 38.8 Å². The molecule has 1 atom stereocenters. The molecule has 1 saturated heterocycles. The predicted octanol–water partition coefficient (Wildman–Crippen LogP) is 1.05. The van der Waals surface area contributed by atoms with Crippen LogP contribution in [0.15, 0.2) is 0 Å². The molecule has 15 heavy (non-hydrogen) atoms. The Morgan fingerprint density at radius 1 is 1.60 bits per heavy atom. The molecule has 88 valence electrons. The Kier molecular flexibility index (Phi) is 5.65. The Morgan fingerprint density at radius 3 is 2.93 bits per heavy atom. The molecule has 0 N–H and O–H groups in total. The molecular weight excluding hydrogens is 194 g/mol. The van der Waals surface area contributed by atoms with Gasteiger partial charge in [0.2, 0.25) is 0 Å². The van der Waals surface area contributed by atoms with E-state index < -0.39 is 0 Å². The first-order valence-corrected chi connectivity index (χ1v) is 5.67. The van der Waals surface area contributed by atoms with Crippen LogP contribution >= 0.6 is 0 Å². The summed E-state index contributed by atoms with van der Waals surface area (Å²) in [6.07, 6.45) is 3.61. The smallest absolute Gasteiger partial charge is 0.319 e. The van der Waals surface area contributed by atoms with Crippen molar-refractivity contribution in [3.8, 4) is 0 Å². The molecule has 1 unspecified atom stereocenters. The average Bonchev–Trinajstić information content (AvgIpc) is 2.70. The normalized spacial score (nSPS) is 20.9. The van der Waals surface area contributed by atoms with E-state index in [1.54, 1.807) is 0 Å². The van der Waals surface area contributed by atoms with E-state index in [9.17, 15) is 4.79 Å². The quantitative estimate of drug-likeness (QED) is 0.621. The van der Waals surface area contributed by atoms with Crippen molar-refractivity contribution in [1.82, 2.24) is 4.90 Å². The van der Waals surface area contributed by atoms with Crippen molar-refractivity contribution in [2.45, 2.75) is 32.3 Å². The number of carbonyl (C=O) groups is 1. The fraction of sp³-hybridized carbons (Fsp3) is 0.909. The molecule has 1 heterocycles. The lowest BCUT2D eigenvalue weighted by molar-refractivity contribution is -0.142. The minimum Gasteiger partial charge on any atom is -0.468 e. The van der Waals surface area contributed by atoms with Crippen LogP contribution in [0.1, 0.15) is 26.2 Å². The molecule has 1 fully saturated rings. The second kappa shape index (κ2) is 6.80. The second-order valence-electron chi connectivity index (χ2n) is 3.95. The zero-order valence-electron chi connectivity index (χ0n) is 9.70. The van der Waals surface area contributed by atoms with Crippen molar-refractivity contribution < 1.29 is 14.3 Å². The molecule has 0 aromatic carbocycles. The molecule has 0 aliphatic carbocycles. The minimum absolute atomic E-state index is 0.165. The van der Waals surface area contributed by atoms with Crippen LogP contribution in [0.4, 0.5) is 0 Å². The highest BCUT2D eigenvalue weighted by Crippen LogP contribution is 2.13. The van der Waals surface area contributed by atoms with Crippen LogP contribution < -0.4 is 0 Å². The summed E-state index contributed by atoms with van der Waals surface area (Å²) in [4.78, 5) is 13.3. The largest absolute Gasteiger partial charge is 0.468 e. The molecule has 4 nitrogen and oxygen atoms in total. The molecule has 0 amide bonds. The maximum Gasteiger partial charge on any atom is 0.319 e. The number of methoxy groups -OCH3 is 1. The number of rotatable bonds is 6. The number of ether oxygens (including phenoxy) is 2. The van der Waals surface area contributed by atoms with E-state index in [1.807, 2.05) is 0 Å². The van der Waals surface area contributed by atoms with Gasteiger partial charge in [-0.25, -0.2) is 0 Å². The Bertz CT molecular complexity index is 190. The van der Waals surface area contributed by atoms with Crippen LogP contribution in [0.2, 0.25) is 0 Å². The Labute approximate surface area is 91.5 Å². The van der Waals surface area contributed by atoms with Gasteiger partial charge in [0.05, 0.1) is 19.8 Å². The highest BCUT2D eigenvalue weighted by molar-refractivity contribution is 5.71. The summed E-state index contributed by atoms with van der Waals surface area (Å²) in [5, 5.41) is 0. The van der Waals surface area contributed by atoms with Gasteiger partial charge in [-0.15, -0.1) is 0 Å². The van der Waals surface area contributed by atoms with Crippen molar-refractivity contribution in [3.63, 3.8) is 0 Å². The van der Waals surface area contributed by atoms with E-state index in [1.165, 1.54) is 7.11 Å². The summed E-state index contributed by atoms with van der Waals surface area (Å²) < 4.78 is 10.2. The molecule has 0 aromatic heterocycles. The molecule has 4 heteroatoms. The van der Waals surface area contributed by atoms with Crippen LogP contribution in [0.25, 0.3) is 0 Å². The van der Waals surface area contributed by atoms with Crippen LogP contribution in [0, 0.1) is 0 Å². The first kappa shape index (κ1) is 12.5. The van der Waals surface area contributed by atoms with Gasteiger partial charge in [0.25, 0.3) is 0 Å². The highest BCUT2D eigenvalue weighted by atomic mass is 16.5. The SMILES string of the molecule is CCCN(CC(=O)OC)CC1CCCO1. The van der Waals surface area contributed by atoms with Crippen molar-refractivity contribution in [3.05, 3.63) is 0 Å². The number of nitrogens with zero attached hydrogens (tertiary/aromatic N) is 1. The Balaban J connectivity index is 2.31. The van der Waals surface area contributed by atoms with Gasteiger partial charge in [-0.3, -0.25) is 9.69 Å². The van der Waals surface area contributed by atoms with Crippen LogP contribution in [0.5, 0.6) is 0 Å². The van der Waals surface area contributed by atoms with Gasteiger partial charge in [0.15, 0.2) is 0 Å². The van der Waals surface area contributed by atoms with Gasteiger partial charge < -0.3 is 9.47 Å². The fourth-order valence-electron chi connectivity index (χ4n) is 1.87. The summed E-state index contributed by atoms with van der Waals surface area (Å²) >= 11 is 0. The van der Waals surface area contributed by atoms with Crippen molar-refractivity contribution >= 4 is 5.97 Å². The Hall–Kier alpha value is -0.610. The average molecular weight is 215 g/mol. The highest BCUT2D eigenvalue weighted by Gasteiger charge is 2.20. The Morgan fingerprint density at radius 2 is 2.40 bits per heavy atom. The van der Waals surface area contributed by atoms with E-state index in [4.69, 9.17) is 4.74 Å². The zero-order chi connectivity index (χ0) is 11.1. The maximum atomic E-state index is 11.2. The molecule has 0 bridgehead atoms. The van der Waals surface area contributed by atoms with E-state index in [0.717, 1.165) is 39.0 Å². The third kappa shape index (κ3) is 4.62. The van der Waals surface area contributed by atoms with Gasteiger partial charge in [-0.05, 0) is 25.8 Å². The lowest BCUT2D eigenvalue weighted by atomic mass is 10.2. The van der Waals surface area contributed by atoms with E-state index >= 15 is 0 Å². The van der Waals surface area contributed by atoms with E-state index in [0.29, 0.717) is 12.6 Å². The molecule has 1 aliphatic rings. The van der Waals surface area contributed by atoms with Crippen molar-refractivity contribution in [1.29, 1.82) is 0 Å². The van der Waals surface area contributed by atoms with Crippen molar-refractivity contribution in [2.75, 3.05) is 33.4 Å². The zero-order valence-corrected chi connectivity index (χ0v) is 9.70. The van der Waals surface area contributed by atoms with Crippen LogP contribution in [0.3, 0.4) is 0 Å². The summed E-state index contributed by atoms with van der Waals surface area (Å²) in [5.41, 5.74) is 0. The lowest BCUT2D eigenvalue weighted by Crippen LogP contribution is -2.37. The third-order valence-corrected chi connectivity index (χ3v) is 2.61. The molecule has 1 rings (SSSR count). The first-order chi connectivity index (χ1) is 7.26. The first-order valence-electron chi connectivity index (χ1n) is 5.67. The molecular formula is C11H21NO3. The third-order valence-electron chi connectivity index (χ3n) is 2.61.